The van der Waals surface area contributed by atoms with Crippen LogP contribution in [-0.2, 0) is 13.5 Å². The highest BCUT2D eigenvalue weighted by Crippen LogP contribution is 2.27. The largest absolute Gasteiger partial charge is 0.338 e. The van der Waals surface area contributed by atoms with E-state index in [0.29, 0.717) is 6.04 Å². The van der Waals surface area contributed by atoms with E-state index in [-0.39, 0.29) is 0 Å². The fourth-order valence-corrected chi connectivity index (χ4v) is 2.73. The number of aromatic nitrogens is 2. The number of nitrogens with two attached hydrogens (primary N) is 1. The van der Waals surface area contributed by atoms with Crippen molar-refractivity contribution in [2.45, 2.75) is 51.0 Å². The maximum Gasteiger partial charge on any atom is 0.108 e. The van der Waals surface area contributed by atoms with Crippen LogP contribution in [0.2, 0.25) is 0 Å². The van der Waals surface area contributed by atoms with Crippen LogP contribution in [0.15, 0.2) is 12.4 Å². The zero-order valence-electron chi connectivity index (χ0n) is 10.2. The van der Waals surface area contributed by atoms with Crippen molar-refractivity contribution in [3.8, 4) is 0 Å². The van der Waals surface area contributed by atoms with E-state index in [1.54, 1.807) is 0 Å². The molecule has 1 fully saturated rings. The van der Waals surface area contributed by atoms with Gasteiger partial charge in [0, 0.05) is 31.9 Å². The minimum absolute atomic E-state index is 0.372. The number of hydrogen-bond donors (Lipinski definition) is 1. The summed E-state index contributed by atoms with van der Waals surface area (Å²) < 4.78 is 2.09. The Morgan fingerprint density at radius 1 is 1.44 bits per heavy atom. The van der Waals surface area contributed by atoms with Gasteiger partial charge in [-0.25, -0.2) is 4.98 Å². The molecule has 16 heavy (non-hydrogen) atoms. The van der Waals surface area contributed by atoms with Crippen LogP contribution in [0.3, 0.4) is 0 Å². The Morgan fingerprint density at radius 3 is 2.81 bits per heavy atom. The monoisotopic (exact) mass is 221 g/mol. The highest BCUT2D eigenvalue weighted by atomic mass is 15.0. The van der Waals surface area contributed by atoms with Crippen molar-refractivity contribution < 1.29 is 0 Å². The molecule has 1 atom stereocenters. The summed E-state index contributed by atoms with van der Waals surface area (Å²) in [6.45, 7) is 0. The predicted octanol–water partition coefficient (Wildman–Crippen LogP) is 2.26. The summed E-state index contributed by atoms with van der Waals surface area (Å²) in [6.07, 6.45) is 12.8. The number of aryl methyl sites for hydroxylation is 2. The summed E-state index contributed by atoms with van der Waals surface area (Å²) in [4.78, 5) is 4.34. The van der Waals surface area contributed by atoms with Gasteiger partial charge in [0.25, 0.3) is 0 Å². The molecule has 90 valence electrons. The highest BCUT2D eigenvalue weighted by Gasteiger charge is 2.20. The van der Waals surface area contributed by atoms with Gasteiger partial charge >= 0.3 is 0 Å². The molecule has 2 N–H and O–H groups in total. The molecule has 2 rings (SSSR count). The van der Waals surface area contributed by atoms with Crippen molar-refractivity contribution in [1.29, 1.82) is 0 Å². The minimum Gasteiger partial charge on any atom is -0.338 e. The molecule has 3 nitrogen and oxygen atoms in total. The van der Waals surface area contributed by atoms with Gasteiger partial charge in [0.2, 0.25) is 0 Å². The number of hydrogen-bond acceptors (Lipinski definition) is 2. The molecular formula is C13H23N3. The normalized spacial score (nSPS) is 19.9. The quantitative estimate of drug-likeness (QED) is 0.847. The summed E-state index contributed by atoms with van der Waals surface area (Å²) in [6, 6.07) is 0.372. The van der Waals surface area contributed by atoms with E-state index in [1.807, 2.05) is 12.4 Å². The smallest absolute Gasteiger partial charge is 0.108 e. The van der Waals surface area contributed by atoms with Gasteiger partial charge < -0.3 is 10.3 Å². The van der Waals surface area contributed by atoms with Crippen LogP contribution in [0.1, 0.15) is 44.3 Å². The van der Waals surface area contributed by atoms with Gasteiger partial charge in [0.1, 0.15) is 5.82 Å². The second kappa shape index (κ2) is 5.48. The molecule has 1 aromatic heterocycles. The molecule has 1 aliphatic rings. The van der Waals surface area contributed by atoms with E-state index >= 15 is 0 Å². The Balaban J connectivity index is 1.78. The molecule has 0 radical (unpaired) electrons. The lowest BCUT2D eigenvalue weighted by atomic mass is 9.82. The Morgan fingerprint density at radius 2 is 2.19 bits per heavy atom. The van der Waals surface area contributed by atoms with Crippen molar-refractivity contribution in [2.24, 2.45) is 18.7 Å². The molecule has 1 aromatic rings. The molecule has 3 heteroatoms. The fourth-order valence-electron chi connectivity index (χ4n) is 2.73. The summed E-state index contributed by atoms with van der Waals surface area (Å²) in [7, 11) is 2.05. The second-order valence-electron chi connectivity index (χ2n) is 5.05. The topological polar surface area (TPSA) is 43.8 Å². The van der Waals surface area contributed by atoms with E-state index in [2.05, 4.69) is 16.6 Å². The zero-order chi connectivity index (χ0) is 11.4. The maximum absolute atomic E-state index is 6.28. The Bertz CT molecular complexity index is 313. The van der Waals surface area contributed by atoms with Gasteiger partial charge in [-0.05, 0) is 25.2 Å². The third kappa shape index (κ3) is 2.85. The Labute approximate surface area is 98.1 Å². The lowest BCUT2D eigenvalue weighted by Gasteiger charge is -2.27. The van der Waals surface area contributed by atoms with E-state index in [1.165, 1.54) is 32.1 Å². The first-order valence-electron chi connectivity index (χ1n) is 6.49. The van der Waals surface area contributed by atoms with Crippen molar-refractivity contribution in [3.63, 3.8) is 0 Å². The number of imidazole rings is 1. The van der Waals surface area contributed by atoms with Crippen LogP contribution in [-0.4, -0.2) is 15.6 Å². The standard InChI is InChI=1S/C13H23N3/c1-16-10-9-15-13(16)8-7-12(14)11-5-3-2-4-6-11/h9-12H,2-8,14H2,1H3. The molecule has 0 saturated heterocycles. The van der Waals surface area contributed by atoms with E-state index in [4.69, 9.17) is 5.73 Å². The second-order valence-corrected chi connectivity index (χ2v) is 5.05. The van der Waals surface area contributed by atoms with Crippen molar-refractivity contribution in [3.05, 3.63) is 18.2 Å². The van der Waals surface area contributed by atoms with Crippen LogP contribution >= 0.6 is 0 Å². The van der Waals surface area contributed by atoms with Gasteiger partial charge in [-0.1, -0.05) is 19.3 Å². The van der Waals surface area contributed by atoms with Gasteiger partial charge in [0.15, 0.2) is 0 Å². The van der Waals surface area contributed by atoms with E-state index < -0.39 is 0 Å². The molecular weight excluding hydrogens is 198 g/mol. The number of rotatable bonds is 4. The minimum atomic E-state index is 0.372. The van der Waals surface area contributed by atoms with Crippen molar-refractivity contribution >= 4 is 0 Å². The molecule has 0 aliphatic heterocycles. The molecule has 1 unspecified atom stereocenters. The Hall–Kier alpha value is -0.830. The summed E-state index contributed by atoms with van der Waals surface area (Å²) in [5.74, 6) is 1.92. The first-order chi connectivity index (χ1) is 7.77. The lowest BCUT2D eigenvalue weighted by Crippen LogP contribution is -2.32. The van der Waals surface area contributed by atoms with Gasteiger partial charge in [-0.3, -0.25) is 0 Å². The maximum atomic E-state index is 6.28. The summed E-state index contributed by atoms with van der Waals surface area (Å²) in [5, 5.41) is 0. The predicted molar refractivity (Wildman–Crippen MR) is 66.1 cm³/mol. The lowest BCUT2D eigenvalue weighted by molar-refractivity contribution is 0.294. The third-order valence-electron chi connectivity index (χ3n) is 3.88. The first-order valence-corrected chi connectivity index (χ1v) is 6.49. The van der Waals surface area contributed by atoms with E-state index in [0.717, 1.165) is 24.6 Å². The molecule has 1 aliphatic carbocycles. The molecule has 0 aromatic carbocycles. The van der Waals surface area contributed by atoms with Crippen LogP contribution in [0, 0.1) is 5.92 Å². The van der Waals surface area contributed by atoms with Gasteiger partial charge in [0.05, 0.1) is 0 Å². The average molecular weight is 221 g/mol. The molecule has 0 spiro atoms. The van der Waals surface area contributed by atoms with Crippen LogP contribution in [0.5, 0.6) is 0 Å². The molecule has 1 heterocycles. The Kier molecular flexibility index (Phi) is 3.99. The summed E-state index contributed by atoms with van der Waals surface area (Å²) in [5.41, 5.74) is 6.28. The van der Waals surface area contributed by atoms with Crippen molar-refractivity contribution in [1.82, 2.24) is 9.55 Å². The zero-order valence-corrected chi connectivity index (χ0v) is 10.2. The summed E-state index contributed by atoms with van der Waals surface area (Å²) >= 11 is 0. The van der Waals surface area contributed by atoms with Crippen LogP contribution in [0.4, 0.5) is 0 Å². The highest BCUT2D eigenvalue weighted by molar-refractivity contribution is 4.92. The van der Waals surface area contributed by atoms with Crippen LogP contribution < -0.4 is 5.73 Å². The third-order valence-corrected chi connectivity index (χ3v) is 3.88. The van der Waals surface area contributed by atoms with Crippen molar-refractivity contribution in [2.75, 3.05) is 0 Å². The van der Waals surface area contributed by atoms with Gasteiger partial charge in [-0.2, -0.15) is 0 Å². The average Bonchev–Trinajstić information content (AvgIpc) is 2.73. The van der Waals surface area contributed by atoms with Crippen LogP contribution in [0.25, 0.3) is 0 Å². The number of nitrogens with zero attached hydrogens (tertiary/aromatic N) is 2. The van der Waals surface area contributed by atoms with E-state index in [9.17, 15) is 0 Å². The SMILES string of the molecule is Cn1ccnc1CCC(N)C1CCCCC1. The molecule has 1 saturated carbocycles. The first kappa shape index (κ1) is 11.6. The molecule has 0 bridgehead atoms. The fraction of sp³-hybridized carbons (Fsp3) is 0.769. The molecule has 0 amide bonds. The van der Waals surface area contributed by atoms with Gasteiger partial charge in [-0.15, -0.1) is 0 Å².